The average molecular weight is 333 g/mol. The van der Waals surface area contributed by atoms with Crippen LogP contribution in [0.2, 0.25) is 0 Å². The zero-order chi connectivity index (χ0) is 15.5. The Morgan fingerprint density at radius 1 is 1.43 bits per heavy atom. The normalized spacial score (nSPS) is 17.0. The number of aryl methyl sites for hydroxylation is 1. The van der Waals surface area contributed by atoms with Crippen LogP contribution in [0.5, 0.6) is 0 Å². The molecule has 0 unspecified atom stereocenters. The van der Waals surface area contributed by atoms with E-state index in [2.05, 4.69) is 9.62 Å². The van der Waals surface area contributed by atoms with Crippen molar-refractivity contribution in [3.63, 3.8) is 0 Å². The van der Waals surface area contributed by atoms with E-state index in [0.29, 0.717) is 13.1 Å². The smallest absolute Gasteiger partial charge is 0.352 e. The highest BCUT2D eigenvalue weighted by Crippen LogP contribution is 2.13. The summed E-state index contributed by atoms with van der Waals surface area (Å²) in [7, 11) is -2.15. The summed E-state index contributed by atoms with van der Waals surface area (Å²) >= 11 is 1.90. The Hall–Kier alpha value is -1.03. The number of hydrogen-bond donors (Lipinski definition) is 2. The minimum Gasteiger partial charge on any atom is -0.477 e. The van der Waals surface area contributed by atoms with Gasteiger partial charge >= 0.3 is 5.97 Å². The first-order valence-electron chi connectivity index (χ1n) is 6.59. The van der Waals surface area contributed by atoms with E-state index in [1.54, 1.807) is 0 Å². The van der Waals surface area contributed by atoms with E-state index >= 15 is 0 Å². The molecule has 2 heterocycles. The lowest BCUT2D eigenvalue weighted by molar-refractivity contribution is 0.0686. The van der Waals surface area contributed by atoms with Crippen molar-refractivity contribution in [3.05, 3.63) is 18.0 Å². The largest absolute Gasteiger partial charge is 0.477 e. The second-order valence-corrected chi connectivity index (χ2v) is 7.82. The van der Waals surface area contributed by atoms with Crippen molar-refractivity contribution in [2.24, 2.45) is 7.05 Å². The highest BCUT2D eigenvalue weighted by atomic mass is 32.2. The fourth-order valence-corrected chi connectivity index (χ4v) is 4.21. The SMILES string of the molecule is Cn1cc(S(=O)(=O)NCCN2CCSCC2)cc1C(=O)O. The molecule has 7 nitrogen and oxygen atoms in total. The summed E-state index contributed by atoms with van der Waals surface area (Å²) in [6, 6.07) is 1.17. The molecule has 0 amide bonds. The summed E-state index contributed by atoms with van der Waals surface area (Å²) in [6.45, 7) is 2.94. The van der Waals surface area contributed by atoms with E-state index in [-0.39, 0.29) is 10.6 Å². The van der Waals surface area contributed by atoms with E-state index in [1.165, 1.54) is 23.9 Å². The van der Waals surface area contributed by atoms with Crippen LogP contribution in [0, 0.1) is 0 Å². The molecule has 1 saturated heterocycles. The van der Waals surface area contributed by atoms with Gasteiger partial charge in [-0.2, -0.15) is 11.8 Å². The van der Waals surface area contributed by atoms with Crippen LogP contribution in [0.3, 0.4) is 0 Å². The van der Waals surface area contributed by atoms with Crippen LogP contribution in [-0.2, 0) is 17.1 Å². The number of nitrogens with one attached hydrogen (secondary N) is 1. The molecule has 118 valence electrons. The van der Waals surface area contributed by atoms with Gasteiger partial charge in [0, 0.05) is 50.9 Å². The zero-order valence-corrected chi connectivity index (χ0v) is 13.4. The van der Waals surface area contributed by atoms with Gasteiger partial charge in [-0.1, -0.05) is 0 Å². The standard InChI is InChI=1S/C12H19N3O4S2/c1-14-9-10(8-11(14)12(16)17)21(18,19)13-2-3-15-4-6-20-7-5-15/h8-9,13H,2-7H2,1H3,(H,16,17). The van der Waals surface area contributed by atoms with Crippen molar-refractivity contribution in [1.82, 2.24) is 14.2 Å². The Morgan fingerprint density at radius 3 is 2.67 bits per heavy atom. The van der Waals surface area contributed by atoms with E-state index in [4.69, 9.17) is 5.11 Å². The third-order valence-corrected chi connectivity index (χ3v) is 5.70. The molecule has 0 spiro atoms. The lowest BCUT2D eigenvalue weighted by atomic mass is 10.4. The molecule has 2 N–H and O–H groups in total. The van der Waals surface area contributed by atoms with Crippen LogP contribution < -0.4 is 4.72 Å². The molecule has 0 radical (unpaired) electrons. The van der Waals surface area contributed by atoms with Crippen molar-refractivity contribution in [2.75, 3.05) is 37.7 Å². The number of nitrogens with zero attached hydrogens (tertiary/aromatic N) is 2. The molecular formula is C12H19N3O4S2. The predicted octanol–water partition coefficient (Wildman–Crippen LogP) is 0.0504. The fourth-order valence-electron chi connectivity index (χ4n) is 2.14. The number of hydrogen-bond acceptors (Lipinski definition) is 5. The molecule has 0 aromatic carbocycles. The van der Waals surface area contributed by atoms with E-state index in [1.807, 2.05) is 11.8 Å². The first-order chi connectivity index (χ1) is 9.90. The predicted molar refractivity (Wildman–Crippen MR) is 81.3 cm³/mol. The van der Waals surface area contributed by atoms with Gasteiger partial charge < -0.3 is 14.6 Å². The van der Waals surface area contributed by atoms with Gasteiger partial charge in [-0.3, -0.25) is 0 Å². The molecule has 1 aromatic rings. The summed E-state index contributed by atoms with van der Waals surface area (Å²) in [5, 5.41) is 8.95. The molecule has 0 atom stereocenters. The Balaban J connectivity index is 1.95. The topological polar surface area (TPSA) is 91.6 Å². The van der Waals surface area contributed by atoms with Crippen molar-refractivity contribution in [3.8, 4) is 0 Å². The summed E-state index contributed by atoms with van der Waals surface area (Å²) < 4.78 is 28.1. The van der Waals surface area contributed by atoms with Crippen LogP contribution >= 0.6 is 11.8 Å². The number of sulfonamides is 1. The monoisotopic (exact) mass is 333 g/mol. The number of aromatic carboxylic acids is 1. The maximum atomic E-state index is 12.1. The van der Waals surface area contributed by atoms with Crippen molar-refractivity contribution in [2.45, 2.75) is 4.90 Å². The number of rotatable bonds is 6. The van der Waals surface area contributed by atoms with Crippen molar-refractivity contribution < 1.29 is 18.3 Å². The molecule has 21 heavy (non-hydrogen) atoms. The molecule has 1 aliphatic heterocycles. The molecule has 1 aliphatic rings. The quantitative estimate of drug-likeness (QED) is 0.764. The first-order valence-corrected chi connectivity index (χ1v) is 9.23. The van der Waals surface area contributed by atoms with Gasteiger partial charge in [-0.05, 0) is 6.07 Å². The molecule has 1 fully saturated rings. The fraction of sp³-hybridized carbons (Fsp3) is 0.583. The minimum atomic E-state index is -3.66. The van der Waals surface area contributed by atoms with Crippen molar-refractivity contribution >= 4 is 27.8 Å². The zero-order valence-electron chi connectivity index (χ0n) is 11.8. The number of carboxylic acids is 1. The van der Waals surface area contributed by atoms with Gasteiger partial charge in [0.2, 0.25) is 10.0 Å². The average Bonchev–Trinajstić information content (AvgIpc) is 2.83. The highest BCUT2D eigenvalue weighted by molar-refractivity contribution is 7.99. The van der Waals surface area contributed by atoms with Gasteiger partial charge in [0.1, 0.15) is 10.6 Å². The Labute approximate surface area is 128 Å². The first kappa shape index (κ1) is 16.3. The van der Waals surface area contributed by atoms with Crippen LogP contribution in [0.15, 0.2) is 17.2 Å². The summed E-state index contributed by atoms with van der Waals surface area (Å²) in [5.41, 5.74) is -0.0524. The number of carboxylic acid groups (broad SMARTS) is 1. The summed E-state index contributed by atoms with van der Waals surface area (Å²) in [4.78, 5) is 13.1. The highest BCUT2D eigenvalue weighted by Gasteiger charge is 2.20. The van der Waals surface area contributed by atoms with Crippen LogP contribution in [0.1, 0.15) is 10.5 Å². The van der Waals surface area contributed by atoms with Gasteiger partial charge in [0.05, 0.1) is 0 Å². The van der Waals surface area contributed by atoms with Crippen LogP contribution in [0.4, 0.5) is 0 Å². The van der Waals surface area contributed by atoms with Crippen LogP contribution in [0.25, 0.3) is 0 Å². The van der Waals surface area contributed by atoms with E-state index < -0.39 is 16.0 Å². The Bertz CT molecular complexity index is 606. The van der Waals surface area contributed by atoms with Crippen molar-refractivity contribution in [1.29, 1.82) is 0 Å². The number of carbonyl (C=O) groups is 1. The molecule has 0 bridgehead atoms. The maximum Gasteiger partial charge on any atom is 0.352 e. The maximum absolute atomic E-state index is 12.1. The molecule has 1 aromatic heterocycles. The molecule has 9 heteroatoms. The minimum absolute atomic E-state index is 0.0170. The second kappa shape index (κ2) is 6.82. The Kier molecular flexibility index (Phi) is 5.31. The van der Waals surface area contributed by atoms with Crippen LogP contribution in [-0.4, -0.2) is 66.6 Å². The van der Waals surface area contributed by atoms with E-state index in [0.717, 1.165) is 24.6 Å². The third-order valence-electron chi connectivity index (χ3n) is 3.33. The third kappa shape index (κ3) is 4.22. The van der Waals surface area contributed by atoms with Gasteiger partial charge in [0.25, 0.3) is 0 Å². The number of aromatic nitrogens is 1. The lowest BCUT2D eigenvalue weighted by Gasteiger charge is -2.25. The molecular weight excluding hydrogens is 314 g/mol. The number of thioether (sulfide) groups is 1. The lowest BCUT2D eigenvalue weighted by Crippen LogP contribution is -2.39. The van der Waals surface area contributed by atoms with Gasteiger partial charge in [0.15, 0.2) is 0 Å². The Morgan fingerprint density at radius 2 is 2.10 bits per heavy atom. The molecule has 2 rings (SSSR count). The van der Waals surface area contributed by atoms with E-state index in [9.17, 15) is 13.2 Å². The molecule has 0 aliphatic carbocycles. The summed E-state index contributed by atoms with van der Waals surface area (Å²) in [5.74, 6) is 1.01. The van der Waals surface area contributed by atoms with Gasteiger partial charge in [-0.25, -0.2) is 17.9 Å². The molecule has 0 saturated carbocycles. The van der Waals surface area contributed by atoms with Gasteiger partial charge in [-0.15, -0.1) is 0 Å². The summed E-state index contributed by atoms with van der Waals surface area (Å²) in [6.07, 6.45) is 1.31. The second-order valence-electron chi connectivity index (χ2n) is 4.83.